The molecule has 3 aromatic rings. The lowest BCUT2D eigenvalue weighted by molar-refractivity contribution is -0.105. The van der Waals surface area contributed by atoms with Crippen LogP contribution in [0.15, 0.2) is 18.3 Å². The third-order valence-electron chi connectivity index (χ3n) is 4.58. The van der Waals surface area contributed by atoms with E-state index in [0.717, 1.165) is 10.9 Å². The van der Waals surface area contributed by atoms with Crippen LogP contribution >= 0.6 is 0 Å². The number of aromatic nitrogens is 4. The van der Waals surface area contributed by atoms with Crippen LogP contribution in [0.4, 0.5) is 16.6 Å². The Kier molecular flexibility index (Phi) is 6.19. The molecule has 0 spiro atoms. The number of carbonyl (C=O) groups excluding carboxylic acids is 2. The minimum atomic E-state index is -0.672. The fourth-order valence-corrected chi connectivity index (χ4v) is 3.10. The van der Waals surface area contributed by atoms with Gasteiger partial charge in [0.15, 0.2) is 0 Å². The first-order valence-electron chi connectivity index (χ1n) is 9.72. The van der Waals surface area contributed by atoms with E-state index >= 15 is 0 Å². The van der Waals surface area contributed by atoms with E-state index in [4.69, 9.17) is 14.2 Å². The minimum Gasteiger partial charge on any atom is -0.480 e. The number of aryl methyl sites for hydroxylation is 1. The van der Waals surface area contributed by atoms with Crippen LogP contribution in [-0.4, -0.2) is 58.9 Å². The van der Waals surface area contributed by atoms with Crippen LogP contribution in [0.2, 0.25) is 0 Å². The van der Waals surface area contributed by atoms with Gasteiger partial charge in [0.2, 0.25) is 24.1 Å². The molecule has 3 heterocycles. The summed E-state index contributed by atoms with van der Waals surface area (Å²) < 4.78 is 18.3. The molecular weight excluding hydrogens is 416 g/mol. The van der Waals surface area contributed by atoms with Gasteiger partial charge in [0.1, 0.15) is 17.0 Å². The number of anilines is 2. The summed E-state index contributed by atoms with van der Waals surface area (Å²) in [7, 11) is 6.30. The monoisotopic (exact) mass is 442 g/mol. The average Bonchev–Trinajstić information content (AvgIpc) is 3.06. The van der Waals surface area contributed by atoms with Gasteiger partial charge in [-0.25, -0.2) is 14.7 Å². The summed E-state index contributed by atoms with van der Waals surface area (Å²) in [6, 6.07) is 3.63. The quantitative estimate of drug-likeness (QED) is 0.579. The Morgan fingerprint density at radius 2 is 1.78 bits per heavy atom. The Balaban J connectivity index is 2.12. The van der Waals surface area contributed by atoms with E-state index in [0.29, 0.717) is 23.5 Å². The number of pyridine rings is 1. The fraction of sp³-hybridized carbons (Fsp3) is 0.381. The first kappa shape index (κ1) is 22.8. The third-order valence-corrected chi connectivity index (χ3v) is 4.58. The van der Waals surface area contributed by atoms with Gasteiger partial charge in [-0.1, -0.05) is 0 Å². The van der Waals surface area contributed by atoms with E-state index < -0.39 is 11.7 Å². The van der Waals surface area contributed by atoms with Gasteiger partial charge in [-0.2, -0.15) is 9.97 Å². The van der Waals surface area contributed by atoms with E-state index in [2.05, 4.69) is 20.3 Å². The number of carbonyl (C=O) groups is 2. The minimum absolute atomic E-state index is 0.0644. The van der Waals surface area contributed by atoms with E-state index in [9.17, 15) is 9.59 Å². The predicted molar refractivity (Wildman–Crippen MR) is 119 cm³/mol. The predicted octanol–water partition coefficient (Wildman–Crippen LogP) is 2.99. The molecular formula is C21H26N6O5. The standard InChI is InChI=1S/C21H26N6O5/c1-21(2,3)32-20(29)27(5)19-24-17(30-6)16(18(25-19)31-7)13-8-12-9-15(23-11-28)22-10-14(12)26(13)4/h8-11H,1-7H3,(H,22,23,28). The molecule has 3 rings (SSSR count). The molecule has 0 radical (unpaired) electrons. The van der Waals surface area contributed by atoms with Gasteiger partial charge in [0.25, 0.3) is 0 Å². The molecule has 0 unspecified atom stereocenters. The molecule has 0 fully saturated rings. The van der Waals surface area contributed by atoms with Crippen LogP contribution in [0.1, 0.15) is 20.8 Å². The third kappa shape index (κ3) is 4.41. The normalized spacial score (nSPS) is 11.2. The largest absolute Gasteiger partial charge is 0.480 e. The number of nitrogens with zero attached hydrogens (tertiary/aromatic N) is 5. The van der Waals surface area contributed by atoms with Crippen molar-refractivity contribution in [3.63, 3.8) is 0 Å². The van der Waals surface area contributed by atoms with E-state index in [-0.39, 0.29) is 17.7 Å². The molecule has 32 heavy (non-hydrogen) atoms. The van der Waals surface area contributed by atoms with Crippen LogP contribution in [0.5, 0.6) is 11.8 Å². The van der Waals surface area contributed by atoms with Gasteiger partial charge in [-0.05, 0) is 32.9 Å². The highest BCUT2D eigenvalue weighted by molar-refractivity contribution is 5.91. The fourth-order valence-electron chi connectivity index (χ4n) is 3.10. The summed E-state index contributed by atoms with van der Waals surface area (Å²) in [5.74, 6) is 0.920. The molecule has 0 atom stereocenters. The average molecular weight is 442 g/mol. The van der Waals surface area contributed by atoms with Crippen molar-refractivity contribution in [1.29, 1.82) is 0 Å². The van der Waals surface area contributed by atoms with Crippen LogP contribution < -0.4 is 19.7 Å². The molecule has 0 saturated heterocycles. The SMILES string of the molecule is COc1nc(N(C)C(=O)OC(C)(C)C)nc(OC)c1-c1cc2cc(NC=O)ncc2n1C. The highest BCUT2D eigenvalue weighted by atomic mass is 16.6. The second kappa shape index (κ2) is 8.69. The highest BCUT2D eigenvalue weighted by Gasteiger charge is 2.27. The van der Waals surface area contributed by atoms with Gasteiger partial charge in [-0.15, -0.1) is 0 Å². The zero-order valence-electron chi connectivity index (χ0n) is 19.1. The zero-order valence-corrected chi connectivity index (χ0v) is 19.1. The van der Waals surface area contributed by atoms with Crippen molar-refractivity contribution >= 4 is 35.2 Å². The summed E-state index contributed by atoms with van der Waals surface area (Å²) >= 11 is 0. The second-order valence-corrected chi connectivity index (χ2v) is 7.94. The molecule has 0 aromatic carbocycles. The number of nitrogens with one attached hydrogen (secondary N) is 1. The first-order chi connectivity index (χ1) is 15.1. The molecule has 0 saturated carbocycles. The number of methoxy groups -OCH3 is 2. The topological polar surface area (TPSA) is 121 Å². The molecule has 0 aliphatic carbocycles. The number of ether oxygens (including phenoxy) is 3. The molecule has 0 aliphatic heterocycles. The van der Waals surface area contributed by atoms with Crippen molar-refractivity contribution in [2.24, 2.45) is 7.05 Å². The van der Waals surface area contributed by atoms with Crippen LogP contribution in [0, 0.1) is 0 Å². The molecule has 0 aliphatic rings. The van der Waals surface area contributed by atoms with E-state index in [1.807, 2.05) is 17.7 Å². The lowest BCUT2D eigenvalue weighted by Gasteiger charge is -2.24. The maximum Gasteiger partial charge on any atom is 0.416 e. The van der Waals surface area contributed by atoms with E-state index in [1.54, 1.807) is 33.0 Å². The molecule has 3 aromatic heterocycles. The first-order valence-corrected chi connectivity index (χ1v) is 9.72. The van der Waals surface area contributed by atoms with Gasteiger partial charge in [0, 0.05) is 19.5 Å². The summed E-state index contributed by atoms with van der Waals surface area (Å²) in [6.07, 6.45) is 1.60. The lowest BCUT2D eigenvalue weighted by atomic mass is 10.2. The molecule has 0 bridgehead atoms. The van der Waals surface area contributed by atoms with E-state index in [1.165, 1.54) is 26.2 Å². The molecule has 2 amide bonds. The summed E-state index contributed by atoms with van der Waals surface area (Å²) in [5, 5.41) is 3.37. The summed E-state index contributed by atoms with van der Waals surface area (Å²) in [6.45, 7) is 5.32. The number of hydrogen-bond acceptors (Lipinski definition) is 8. The Hall–Kier alpha value is -3.89. The molecule has 1 N–H and O–H groups in total. The van der Waals surface area contributed by atoms with Crippen molar-refractivity contribution in [2.75, 3.05) is 31.5 Å². The smallest absolute Gasteiger partial charge is 0.416 e. The Morgan fingerprint density at radius 1 is 1.16 bits per heavy atom. The maximum absolute atomic E-state index is 12.5. The van der Waals surface area contributed by atoms with Crippen LogP contribution in [-0.2, 0) is 16.6 Å². The van der Waals surface area contributed by atoms with Crippen molar-refractivity contribution in [2.45, 2.75) is 26.4 Å². The van der Waals surface area contributed by atoms with Crippen LogP contribution in [0.25, 0.3) is 22.2 Å². The lowest BCUT2D eigenvalue weighted by Crippen LogP contribution is -2.35. The van der Waals surface area contributed by atoms with Gasteiger partial charge >= 0.3 is 6.09 Å². The van der Waals surface area contributed by atoms with Crippen molar-refractivity contribution < 1.29 is 23.8 Å². The zero-order chi connectivity index (χ0) is 23.6. The molecule has 11 nitrogen and oxygen atoms in total. The van der Waals surface area contributed by atoms with Gasteiger partial charge in [0.05, 0.1) is 31.6 Å². The van der Waals surface area contributed by atoms with Crippen molar-refractivity contribution in [3.05, 3.63) is 18.3 Å². The summed E-state index contributed by atoms with van der Waals surface area (Å²) in [4.78, 5) is 37.4. The van der Waals surface area contributed by atoms with Crippen molar-refractivity contribution in [3.8, 4) is 23.0 Å². The summed E-state index contributed by atoms with van der Waals surface area (Å²) in [5.41, 5.74) is 1.34. The Labute approximate surface area is 185 Å². The number of rotatable bonds is 6. The Morgan fingerprint density at radius 3 is 2.31 bits per heavy atom. The Bertz CT molecular complexity index is 1140. The highest BCUT2D eigenvalue weighted by Crippen LogP contribution is 2.39. The maximum atomic E-state index is 12.5. The number of fused-ring (bicyclic) bond motifs is 1. The molecule has 11 heteroatoms. The van der Waals surface area contributed by atoms with Gasteiger partial charge in [-0.3, -0.25) is 4.79 Å². The number of amides is 2. The number of hydrogen-bond donors (Lipinski definition) is 1. The molecule has 170 valence electrons. The second-order valence-electron chi connectivity index (χ2n) is 7.94. The van der Waals surface area contributed by atoms with Crippen molar-refractivity contribution in [1.82, 2.24) is 19.5 Å². The van der Waals surface area contributed by atoms with Gasteiger partial charge < -0.3 is 24.1 Å². The van der Waals surface area contributed by atoms with Crippen LogP contribution in [0.3, 0.4) is 0 Å².